The van der Waals surface area contributed by atoms with Crippen LogP contribution in [-0.2, 0) is 11.2 Å². The number of nitrogens with two attached hydrogens (primary N) is 1. The van der Waals surface area contributed by atoms with Gasteiger partial charge in [-0.1, -0.05) is 30.3 Å². The molecule has 3 rings (SSSR count). The van der Waals surface area contributed by atoms with E-state index in [-0.39, 0.29) is 23.2 Å². The molecule has 8 heteroatoms. The van der Waals surface area contributed by atoms with Crippen LogP contribution in [0.5, 0.6) is 0 Å². The van der Waals surface area contributed by atoms with Gasteiger partial charge in [0, 0.05) is 12.0 Å². The van der Waals surface area contributed by atoms with Crippen LogP contribution in [0.2, 0.25) is 0 Å². The number of nitrogen functional groups attached to an aromatic ring is 1. The molecule has 0 spiro atoms. The maximum absolute atomic E-state index is 10.3. The molecule has 8 nitrogen and oxygen atoms in total. The first kappa shape index (κ1) is 20.7. The van der Waals surface area contributed by atoms with Crippen molar-refractivity contribution in [2.45, 2.75) is 36.9 Å². The molecule has 6 N–H and O–H groups in total. The zero-order valence-electron chi connectivity index (χ0n) is 15.4. The fraction of sp³-hybridized carbons (Fsp3) is 0.333. The van der Waals surface area contributed by atoms with Crippen molar-refractivity contribution in [3.8, 4) is 23.3 Å². The average molecular weight is 395 g/mol. The van der Waals surface area contributed by atoms with E-state index in [0.717, 1.165) is 5.56 Å². The molecule has 0 aromatic heterocycles. The van der Waals surface area contributed by atoms with Crippen LogP contribution in [0.1, 0.15) is 16.7 Å². The van der Waals surface area contributed by atoms with Crippen LogP contribution in [0, 0.1) is 22.7 Å². The van der Waals surface area contributed by atoms with E-state index in [9.17, 15) is 30.9 Å². The molecule has 1 fully saturated rings. The summed E-state index contributed by atoms with van der Waals surface area (Å²) in [6, 6.07) is 14.7. The summed E-state index contributed by atoms with van der Waals surface area (Å²) in [6.07, 6.45) is -6.47. The third-order valence-electron chi connectivity index (χ3n) is 5.17. The van der Waals surface area contributed by atoms with E-state index in [2.05, 4.69) is 0 Å². The lowest BCUT2D eigenvalue weighted by atomic mass is 9.87. The summed E-state index contributed by atoms with van der Waals surface area (Å²) in [7, 11) is 0. The van der Waals surface area contributed by atoms with Crippen molar-refractivity contribution in [1.29, 1.82) is 10.5 Å². The molecule has 0 aliphatic carbocycles. The highest BCUT2D eigenvalue weighted by Gasteiger charge is 2.43. The zero-order chi connectivity index (χ0) is 21.1. The van der Waals surface area contributed by atoms with E-state index in [1.807, 2.05) is 30.3 Å². The van der Waals surface area contributed by atoms with Gasteiger partial charge in [-0.25, -0.2) is 0 Å². The first-order valence-electron chi connectivity index (χ1n) is 9.04. The van der Waals surface area contributed by atoms with Gasteiger partial charge in [0.1, 0.15) is 36.6 Å². The number of benzene rings is 2. The maximum Gasteiger partial charge on any atom is 0.111 e. The number of hydrogen-bond acceptors (Lipinski definition) is 8. The summed E-state index contributed by atoms with van der Waals surface area (Å²) in [5.74, 6) is 0. The van der Waals surface area contributed by atoms with Crippen molar-refractivity contribution in [1.82, 2.24) is 0 Å². The van der Waals surface area contributed by atoms with Crippen LogP contribution in [0.3, 0.4) is 0 Å². The van der Waals surface area contributed by atoms with Gasteiger partial charge in [-0.2, -0.15) is 10.5 Å². The molecule has 0 bridgehead atoms. The fourth-order valence-electron chi connectivity index (χ4n) is 3.58. The first-order valence-corrected chi connectivity index (χ1v) is 9.04. The lowest BCUT2D eigenvalue weighted by Gasteiger charge is -2.40. The van der Waals surface area contributed by atoms with Crippen LogP contribution >= 0.6 is 0 Å². The Hall–Kier alpha value is -2.98. The van der Waals surface area contributed by atoms with Gasteiger partial charge in [0.05, 0.1) is 29.5 Å². The largest absolute Gasteiger partial charge is 0.397 e. The number of aliphatic hydroxyl groups excluding tert-OH is 4. The predicted molar refractivity (Wildman–Crippen MR) is 103 cm³/mol. The lowest BCUT2D eigenvalue weighted by Crippen LogP contribution is -2.59. The van der Waals surface area contributed by atoms with Crippen molar-refractivity contribution >= 4 is 5.69 Å². The molecule has 150 valence electrons. The number of nitrogens with zero attached hydrogens (tertiary/aromatic N) is 2. The Morgan fingerprint density at radius 1 is 0.931 bits per heavy atom. The molecule has 1 aliphatic rings. The molecular weight excluding hydrogens is 374 g/mol. The maximum atomic E-state index is 10.3. The minimum absolute atomic E-state index is 0.0138. The molecule has 0 radical (unpaired) electrons. The van der Waals surface area contributed by atoms with Crippen LogP contribution in [0.4, 0.5) is 5.69 Å². The first-order chi connectivity index (χ1) is 13.9. The number of aliphatic hydroxyl groups is 4. The molecule has 2 aromatic carbocycles. The normalized spacial score (nSPS) is 26.5. The Morgan fingerprint density at radius 3 is 2.14 bits per heavy atom. The molecule has 1 aliphatic heterocycles. The minimum Gasteiger partial charge on any atom is -0.397 e. The summed E-state index contributed by atoms with van der Waals surface area (Å²) >= 11 is 0. The van der Waals surface area contributed by atoms with Gasteiger partial charge in [0.25, 0.3) is 0 Å². The topological polar surface area (TPSA) is 164 Å². The zero-order valence-corrected chi connectivity index (χ0v) is 15.4. The van der Waals surface area contributed by atoms with Crippen LogP contribution < -0.4 is 5.73 Å². The van der Waals surface area contributed by atoms with Gasteiger partial charge in [0.15, 0.2) is 0 Å². The van der Waals surface area contributed by atoms with Gasteiger partial charge in [-0.05, 0) is 17.2 Å². The molecular formula is C21H21N3O5. The smallest absolute Gasteiger partial charge is 0.111 e. The summed E-state index contributed by atoms with van der Waals surface area (Å²) in [5.41, 5.74) is 8.07. The molecule has 29 heavy (non-hydrogen) atoms. The SMILES string of the molecule is N#Cc1c(C[C@@H]2O[C@H](CO)[C@@H](O)[C@H](O)[C@H]2O)cc(-c2ccccc2)c(C#N)c1N. The number of nitriles is 2. The van der Waals surface area contributed by atoms with E-state index in [1.165, 1.54) is 0 Å². The third kappa shape index (κ3) is 3.81. The quantitative estimate of drug-likeness (QED) is 0.454. The number of ether oxygens (including phenoxy) is 1. The molecule has 5 atom stereocenters. The summed E-state index contributed by atoms with van der Waals surface area (Å²) in [6.45, 7) is -0.544. The second-order valence-corrected chi connectivity index (χ2v) is 6.91. The van der Waals surface area contributed by atoms with E-state index in [4.69, 9.17) is 10.5 Å². The Balaban J connectivity index is 2.06. The minimum atomic E-state index is -1.51. The molecule has 1 heterocycles. The Kier molecular flexibility index (Phi) is 6.14. The monoisotopic (exact) mass is 395 g/mol. The molecule has 0 amide bonds. The molecule has 0 saturated carbocycles. The highest BCUT2D eigenvalue weighted by Crippen LogP contribution is 2.34. The second kappa shape index (κ2) is 8.58. The summed E-state index contributed by atoms with van der Waals surface area (Å²) in [4.78, 5) is 0. The summed E-state index contributed by atoms with van der Waals surface area (Å²) in [5, 5.41) is 58.8. The second-order valence-electron chi connectivity index (χ2n) is 6.91. The highest BCUT2D eigenvalue weighted by atomic mass is 16.5. The van der Waals surface area contributed by atoms with Crippen LogP contribution in [-0.4, -0.2) is 57.6 Å². The van der Waals surface area contributed by atoms with E-state index < -0.39 is 37.1 Å². The van der Waals surface area contributed by atoms with E-state index >= 15 is 0 Å². The van der Waals surface area contributed by atoms with Gasteiger partial charge in [-0.3, -0.25) is 0 Å². The molecule has 1 saturated heterocycles. The molecule has 0 unspecified atom stereocenters. The van der Waals surface area contributed by atoms with Crippen molar-refractivity contribution in [2.24, 2.45) is 0 Å². The highest BCUT2D eigenvalue weighted by molar-refractivity contribution is 5.81. The van der Waals surface area contributed by atoms with Gasteiger partial charge in [-0.15, -0.1) is 0 Å². The summed E-state index contributed by atoms with van der Waals surface area (Å²) < 4.78 is 5.55. The number of hydrogen-bond donors (Lipinski definition) is 5. The predicted octanol–water partition coefficient (Wildman–Crippen LogP) is 0.0641. The third-order valence-corrected chi connectivity index (χ3v) is 5.17. The van der Waals surface area contributed by atoms with Crippen LogP contribution in [0.25, 0.3) is 11.1 Å². The van der Waals surface area contributed by atoms with E-state index in [0.29, 0.717) is 11.1 Å². The van der Waals surface area contributed by atoms with Crippen LogP contribution in [0.15, 0.2) is 36.4 Å². The van der Waals surface area contributed by atoms with Crippen molar-refractivity contribution in [3.63, 3.8) is 0 Å². The Bertz CT molecular complexity index is 965. The fourth-order valence-corrected chi connectivity index (χ4v) is 3.58. The van der Waals surface area contributed by atoms with Crippen molar-refractivity contribution in [2.75, 3.05) is 12.3 Å². The van der Waals surface area contributed by atoms with Gasteiger partial charge >= 0.3 is 0 Å². The van der Waals surface area contributed by atoms with Gasteiger partial charge < -0.3 is 30.9 Å². The van der Waals surface area contributed by atoms with Gasteiger partial charge in [0.2, 0.25) is 0 Å². The number of anilines is 1. The van der Waals surface area contributed by atoms with E-state index in [1.54, 1.807) is 18.2 Å². The number of rotatable bonds is 4. The van der Waals surface area contributed by atoms with Crippen molar-refractivity contribution in [3.05, 3.63) is 53.1 Å². The lowest BCUT2D eigenvalue weighted by molar-refractivity contribution is -0.228. The van der Waals surface area contributed by atoms with Crippen molar-refractivity contribution < 1.29 is 25.2 Å². The Morgan fingerprint density at radius 2 is 1.55 bits per heavy atom. The average Bonchev–Trinajstić information content (AvgIpc) is 2.74. The Labute approximate surface area is 167 Å². The standard InChI is InChI=1S/C21H21N3O5/c22-8-14-12(7-16-19(26)21(28)20(27)17(10-25)29-16)6-13(15(9-23)18(14)24)11-4-2-1-3-5-11/h1-6,16-17,19-21,25-28H,7,10,24H2/t16-,17+,19-,20+,21+/m0/s1. The molecule has 2 aromatic rings.